The summed E-state index contributed by atoms with van der Waals surface area (Å²) in [5.41, 5.74) is 5.76. The minimum atomic E-state index is -0.0722. The maximum Gasteiger partial charge on any atom is 0.228 e. The number of ether oxygens (including phenoxy) is 1. The molecule has 1 amide bonds. The van der Waals surface area contributed by atoms with Crippen LogP contribution in [-0.2, 0) is 11.2 Å². The minimum absolute atomic E-state index is 0.0722. The molecule has 1 unspecified atom stereocenters. The van der Waals surface area contributed by atoms with E-state index < -0.39 is 0 Å². The van der Waals surface area contributed by atoms with Crippen molar-refractivity contribution in [3.63, 3.8) is 0 Å². The average molecular weight is 630 g/mol. The molecule has 1 aliphatic heterocycles. The molecule has 0 bridgehead atoms. The number of amides is 1. The number of carbonyl (C=O) groups is 1. The summed E-state index contributed by atoms with van der Waals surface area (Å²) in [5, 5.41) is 11.8. The quantitative estimate of drug-likeness (QED) is 0.123. The van der Waals surface area contributed by atoms with Crippen LogP contribution in [0, 0.1) is 5.92 Å². The summed E-state index contributed by atoms with van der Waals surface area (Å²) in [6, 6.07) is 27.3. The lowest BCUT2D eigenvalue weighted by Crippen LogP contribution is -2.14. The Bertz CT molecular complexity index is 1930. The van der Waals surface area contributed by atoms with Gasteiger partial charge in [0.2, 0.25) is 11.9 Å². The summed E-state index contributed by atoms with van der Waals surface area (Å²) in [5.74, 6) is 1.99. The lowest BCUT2D eigenvalue weighted by molar-refractivity contribution is -0.115. The normalized spacial score (nSPS) is 14.4. The van der Waals surface area contributed by atoms with Crippen molar-refractivity contribution in [3.05, 3.63) is 108 Å². The number of anilines is 3. The zero-order valence-corrected chi connectivity index (χ0v) is 26.2. The number of thiazole rings is 1. The molecule has 3 aromatic heterocycles. The molecular formula is C36H35N7O2S. The number of fused-ring (bicyclic) bond motifs is 1. The van der Waals surface area contributed by atoms with Gasteiger partial charge in [0.05, 0.1) is 24.4 Å². The largest absolute Gasteiger partial charge is 0.494 e. The van der Waals surface area contributed by atoms with Crippen LogP contribution in [0.5, 0.6) is 5.75 Å². The van der Waals surface area contributed by atoms with Crippen molar-refractivity contribution in [2.75, 3.05) is 30.3 Å². The highest BCUT2D eigenvalue weighted by Gasteiger charge is 2.19. The third-order valence-corrected chi connectivity index (χ3v) is 8.82. The van der Waals surface area contributed by atoms with Crippen molar-refractivity contribution in [2.24, 2.45) is 5.92 Å². The van der Waals surface area contributed by atoms with Gasteiger partial charge in [-0.25, -0.2) is 15.0 Å². The summed E-state index contributed by atoms with van der Waals surface area (Å²) in [7, 11) is 0. The molecule has 3 N–H and O–H groups in total. The van der Waals surface area contributed by atoms with Gasteiger partial charge in [-0.15, -0.1) is 11.3 Å². The van der Waals surface area contributed by atoms with Gasteiger partial charge in [0.1, 0.15) is 11.4 Å². The molecule has 0 aliphatic carbocycles. The number of rotatable bonds is 12. The lowest BCUT2D eigenvalue weighted by Gasteiger charge is -2.11. The Morgan fingerprint density at radius 3 is 2.78 bits per heavy atom. The Labute approximate surface area is 271 Å². The summed E-state index contributed by atoms with van der Waals surface area (Å²) in [6.07, 6.45) is 7.54. The van der Waals surface area contributed by atoms with Crippen LogP contribution in [0.1, 0.15) is 24.8 Å². The van der Waals surface area contributed by atoms with Crippen LogP contribution in [0.2, 0.25) is 0 Å². The van der Waals surface area contributed by atoms with Gasteiger partial charge < -0.3 is 20.7 Å². The van der Waals surface area contributed by atoms with E-state index in [-0.39, 0.29) is 5.91 Å². The van der Waals surface area contributed by atoms with Gasteiger partial charge >= 0.3 is 0 Å². The first-order valence-corrected chi connectivity index (χ1v) is 16.5. The number of nitrogens with zero attached hydrogens (tertiary/aromatic N) is 4. The van der Waals surface area contributed by atoms with Crippen molar-refractivity contribution in [1.82, 2.24) is 24.7 Å². The second-order valence-corrected chi connectivity index (χ2v) is 12.3. The Morgan fingerprint density at radius 1 is 1.00 bits per heavy atom. The van der Waals surface area contributed by atoms with Crippen LogP contribution in [0.25, 0.3) is 27.6 Å². The molecule has 1 saturated heterocycles. The predicted molar refractivity (Wildman–Crippen MR) is 184 cm³/mol. The first kappa shape index (κ1) is 29.6. The summed E-state index contributed by atoms with van der Waals surface area (Å²) in [6.45, 7) is 2.95. The number of benzene rings is 3. The average Bonchev–Trinajstić information content (AvgIpc) is 3.83. The Hall–Kier alpha value is -5.06. The number of aromatic nitrogens is 4. The van der Waals surface area contributed by atoms with Crippen molar-refractivity contribution in [3.8, 4) is 28.4 Å². The number of imidazole rings is 1. The highest BCUT2D eigenvalue weighted by molar-refractivity contribution is 7.15. The SMILES string of the molecule is O=C(Cc1ccccc1)Nc1cccc(-c2nc3sccn3c2-c2ccnc(Nc3cccc(OCCCC4CCNC4)c3)n2)c1. The summed E-state index contributed by atoms with van der Waals surface area (Å²) < 4.78 is 8.10. The molecule has 1 fully saturated rings. The number of hydrogen-bond donors (Lipinski definition) is 3. The van der Waals surface area contributed by atoms with Crippen molar-refractivity contribution < 1.29 is 9.53 Å². The van der Waals surface area contributed by atoms with Crippen molar-refractivity contribution >= 4 is 39.5 Å². The predicted octanol–water partition coefficient (Wildman–Crippen LogP) is 7.21. The van der Waals surface area contributed by atoms with Crippen LogP contribution in [0.3, 0.4) is 0 Å². The molecule has 7 rings (SSSR count). The Morgan fingerprint density at radius 2 is 1.89 bits per heavy atom. The van der Waals surface area contributed by atoms with Gasteiger partial charge in [-0.05, 0) is 74.2 Å². The molecule has 3 aromatic carbocycles. The van der Waals surface area contributed by atoms with Crippen LogP contribution in [0.15, 0.2) is 103 Å². The molecule has 0 spiro atoms. The molecule has 6 aromatic rings. The third kappa shape index (κ3) is 7.09. The second-order valence-electron chi connectivity index (χ2n) is 11.4. The van der Waals surface area contributed by atoms with E-state index in [4.69, 9.17) is 14.7 Å². The van der Waals surface area contributed by atoms with Crippen LogP contribution in [-0.4, -0.2) is 45.0 Å². The van der Waals surface area contributed by atoms with E-state index in [1.54, 1.807) is 17.5 Å². The third-order valence-electron chi connectivity index (χ3n) is 8.07. The zero-order chi connectivity index (χ0) is 31.1. The van der Waals surface area contributed by atoms with E-state index in [1.807, 2.05) is 101 Å². The van der Waals surface area contributed by atoms with Gasteiger partial charge in [0, 0.05) is 40.8 Å². The van der Waals surface area contributed by atoms with E-state index >= 15 is 0 Å². The Balaban J connectivity index is 1.08. The van der Waals surface area contributed by atoms with Crippen molar-refractivity contribution in [2.45, 2.75) is 25.7 Å². The van der Waals surface area contributed by atoms with Gasteiger partial charge in [0.25, 0.3) is 0 Å². The van der Waals surface area contributed by atoms with Crippen LogP contribution in [0.4, 0.5) is 17.3 Å². The molecule has 0 saturated carbocycles. The van der Waals surface area contributed by atoms with Crippen LogP contribution >= 0.6 is 11.3 Å². The van der Waals surface area contributed by atoms with Crippen molar-refractivity contribution in [1.29, 1.82) is 0 Å². The lowest BCUT2D eigenvalue weighted by atomic mass is 10.0. The molecule has 1 atom stereocenters. The van der Waals surface area contributed by atoms with E-state index in [9.17, 15) is 4.79 Å². The van der Waals surface area contributed by atoms with Gasteiger partial charge in [-0.2, -0.15) is 0 Å². The number of carbonyl (C=O) groups excluding carboxylic acids is 1. The van der Waals surface area contributed by atoms with E-state index in [0.717, 1.165) is 70.0 Å². The standard InChI is InChI=1S/C36H35N7O2S/c44-32(21-25-7-2-1-3-8-25)39-28-11-4-10-27(22-28)33-34(43-18-20-46-36(43)42-33)31-15-17-38-35(41-31)40-29-12-5-13-30(23-29)45-19-6-9-26-14-16-37-24-26/h1-5,7-8,10-13,15,17-18,20,22-23,26,37H,6,9,14,16,19,21,24H2,(H,39,44)(H,38,40,41). The summed E-state index contributed by atoms with van der Waals surface area (Å²) >= 11 is 1.56. The van der Waals surface area contributed by atoms with E-state index in [0.29, 0.717) is 24.7 Å². The van der Waals surface area contributed by atoms with Gasteiger partial charge in [-0.3, -0.25) is 9.20 Å². The first-order chi connectivity index (χ1) is 22.7. The molecule has 10 heteroatoms. The monoisotopic (exact) mass is 629 g/mol. The number of hydrogen-bond acceptors (Lipinski definition) is 8. The molecule has 232 valence electrons. The summed E-state index contributed by atoms with van der Waals surface area (Å²) in [4.78, 5) is 28.0. The zero-order valence-electron chi connectivity index (χ0n) is 25.4. The maximum atomic E-state index is 12.8. The van der Waals surface area contributed by atoms with Crippen LogP contribution < -0.4 is 20.7 Å². The second kappa shape index (κ2) is 13.9. The molecule has 1 aliphatic rings. The first-order valence-electron chi connectivity index (χ1n) is 15.6. The fourth-order valence-electron chi connectivity index (χ4n) is 5.83. The van der Waals surface area contributed by atoms with Gasteiger partial charge in [-0.1, -0.05) is 48.5 Å². The fourth-order valence-corrected chi connectivity index (χ4v) is 6.54. The smallest absolute Gasteiger partial charge is 0.228 e. The molecule has 4 heterocycles. The topological polar surface area (TPSA) is 105 Å². The van der Waals surface area contributed by atoms with Gasteiger partial charge in [0.15, 0.2) is 4.96 Å². The molecule has 9 nitrogen and oxygen atoms in total. The highest BCUT2D eigenvalue weighted by Crippen LogP contribution is 2.35. The Kier molecular flexibility index (Phi) is 8.97. The molecule has 46 heavy (non-hydrogen) atoms. The van der Waals surface area contributed by atoms with E-state index in [2.05, 4.69) is 20.9 Å². The molecular weight excluding hydrogens is 595 g/mol. The number of nitrogens with one attached hydrogen (secondary N) is 3. The van der Waals surface area contributed by atoms with E-state index in [1.165, 1.54) is 12.8 Å². The molecule has 0 radical (unpaired) electrons. The maximum absolute atomic E-state index is 12.8. The highest BCUT2D eigenvalue weighted by atomic mass is 32.1. The minimum Gasteiger partial charge on any atom is -0.494 e. The fraction of sp³-hybridized carbons (Fsp3) is 0.222.